The van der Waals surface area contributed by atoms with Crippen molar-refractivity contribution in [2.45, 2.75) is 25.3 Å². The van der Waals surface area contributed by atoms with Crippen LogP contribution in [-0.4, -0.2) is 17.1 Å². The molecule has 1 heterocycles. The van der Waals surface area contributed by atoms with Crippen LogP contribution in [0, 0.1) is 5.82 Å². The van der Waals surface area contributed by atoms with Gasteiger partial charge < -0.3 is 10.4 Å². The van der Waals surface area contributed by atoms with Gasteiger partial charge in [0.25, 0.3) is 0 Å². The normalized spacial score (nSPS) is 18.3. The van der Waals surface area contributed by atoms with Gasteiger partial charge in [-0.15, -0.1) is 11.3 Å². The fourth-order valence-electron chi connectivity index (χ4n) is 2.52. The molecule has 3 rings (SSSR count). The first-order valence-corrected chi connectivity index (χ1v) is 7.16. The van der Waals surface area contributed by atoms with Crippen molar-refractivity contribution in [3.05, 3.63) is 34.6 Å². The van der Waals surface area contributed by atoms with Gasteiger partial charge in [0.2, 0.25) is 0 Å². The lowest BCUT2D eigenvalue weighted by Gasteiger charge is -2.19. The highest BCUT2D eigenvalue weighted by Crippen LogP contribution is 2.37. The molecular weight excluding hydrogens is 263 g/mol. The summed E-state index contributed by atoms with van der Waals surface area (Å²) in [6.45, 7) is 0. The van der Waals surface area contributed by atoms with Crippen LogP contribution in [0.5, 0.6) is 5.75 Å². The van der Waals surface area contributed by atoms with E-state index in [1.165, 1.54) is 10.9 Å². The van der Waals surface area contributed by atoms with Crippen molar-refractivity contribution >= 4 is 11.3 Å². The molecule has 0 aliphatic heterocycles. The molecule has 1 aromatic carbocycles. The van der Waals surface area contributed by atoms with Gasteiger partial charge in [-0.1, -0.05) is 0 Å². The summed E-state index contributed by atoms with van der Waals surface area (Å²) >= 11 is 1.60. The number of rotatable bonds is 2. The third kappa shape index (κ3) is 2.35. The second kappa shape index (κ2) is 4.90. The van der Waals surface area contributed by atoms with E-state index >= 15 is 0 Å². The van der Waals surface area contributed by atoms with Crippen molar-refractivity contribution in [1.29, 1.82) is 0 Å². The third-order valence-electron chi connectivity index (χ3n) is 3.43. The molecule has 1 aromatic heterocycles. The molecule has 2 aromatic rings. The van der Waals surface area contributed by atoms with Gasteiger partial charge >= 0.3 is 0 Å². The lowest BCUT2D eigenvalue weighted by molar-refractivity contribution is 0.469. The minimum absolute atomic E-state index is 0.0617. The largest absolute Gasteiger partial charge is 0.508 e. The van der Waals surface area contributed by atoms with Crippen molar-refractivity contribution < 1.29 is 9.50 Å². The molecule has 0 radical (unpaired) electrons. The quantitative estimate of drug-likeness (QED) is 0.886. The molecule has 0 saturated carbocycles. The molecule has 0 spiro atoms. The molecule has 19 heavy (non-hydrogen) atoms. The zero-order valence-corrected chi connectivity index (χ0v) is 11.4. The third-order valence-corrected chi connectivity index (χ3v) is 4.61. The monoisotopic (exact) mass is 278 g/mol. The fraction of sp³-hybridized carbons (Fsp3) is 0.357. The minimum atomic E-state index is -0.437. The zero-order valence-electron chi connectivity index (χ0n) is 10.6. The Morgan fingerprint density at radius 1 is 1.42 bits per heavy atom. The number of hydrogen-bond acceptors (Lipinski definition) is 4. The molecule has 1 aliphatic rings. The lowest BCUT2D eigenvalue weighted by Crippen LogP contribution is -2.21. The van der Waals surface area contributed by atoms with Gasteiger partial charge in [0.1, 0.15) is 16.6 Å². The van der Waals surface area contributed by atoms with Gasteiger partial charge in [-0.05, 0) is 38.4 Å². The highest BCUT2D eigenvalue weighted by atomic mass is 32.1. The van der Waals surface area contributed by atoms with Gasteiger partial charge in [-0.2, -0.15) is 0 Å². The van der Waals surface area contributed by atoms with E-state index in [2.05, 4.69) is 10.3 Å². The molecule has 3 nitrogen and oxygen atoms in total. The number of aromatic hydroxyl groups is 1. The molecule has 5 heteroatoms. The Labute approximate surface area is 115 Å². The van der Waals surface area contributed by atoms with E-state index in [0.29, 0.717) is 5.56 Å². The van der Waals surface area contributed by atoms with Crippen molar-refractivity contribution in [3.8, 4) is 16.3 Å². The molecule has 1 aliphatic carbocycles. The average molecular weight is 278 g/mol. The number of benzene rings is 1. The van der Waals surface area contributed by atoms with E-state index in [0.717, 1.165) is 36.0 Å². The smallest absolute Gasteiger partial charge is 0.127 e. The summed E-state index contributed by atoms with van der Waals surface area (Å²) in [5, 5.41) is 13.5. The molecule has 100 valence electrons. The van der Waals surface area contributed by atoms with Gasteiger partial charge in [0.05, 0.1) is 11.7 Å². The molecule has 1 unspecified atom stereocenters. The van der Waals surface area contributed by atoms with Crippen LogP contribution in [0.2, 0.25) is 0 Å². The number of aromatic nitrogens is 1. The Kier molecular flexibility index (Phi) is 3.24. The van der Waals surface area contributed by atoms with Crippen molar-refractivity contribution in [3.63, 3.8) is 0 Å². The molecule has 0 bridgehead atoms. The number of fused-ring (bicyclic) bond motifs is 1. The second-order valence-corrected chi connectivity index (χ2v) is 5.84. The average Bonchev–Trinajstić information content (AvgIpc) is 2.81. The number of nitrogens with zero attached hydrogens (tertiary/aromatic N) is 1. The summed E-state index contributed by atoms with van der Waals surface area (Å²) in [5.74, 6) is -0.498. The summed E-state index contributed by atoms with van der Waals surface area (Å²) < 4.78 is 13.3. The van der Waals surface area contributed by atoms with E-state index in [4.69, 9.17) is 0 Å². The van der Waals surface area contributed by atoms with Crippen LogP contribution in [0.3, 0.4) is 0 Å². The zero-order chi connectivity index (χ0) is 13.4. The maximum atomic E-state index is 13.3. The van der Waals surface area contributed by atoms with Gasteiger partial charge in [-0.25, -0.2) is 9.37 Å². The number of phenols is 1. The first-order valence-electron chi connectivity index (χ1n) is 6.34. The number of halogens is 1. The Balaban J connectivity index is 2.04. The van der Waals surface area contributed by atoms with Crippen molar-refractivity contribution in [1.82, 2.24) is 10.3 Å². The van der Waals surface area contributed by atoms with Gasteiger partial charge in [-0.3, -0.25) is 0 Å². The van der Waals surface area contributed by atoms with Crippen LogP contribution in [0.1, 0.15) is 29.5 Å². The maximum Gasteiger partial charge on any atom is 0.127 e. The van der Waals surface area contributed by atoms with E-state index in [9.17, 15) is 9.50 Å². The second-order valence-electron chi connectivity index (χ2n) is 4.76. The van der Waals surface area contributed by atoms with Crippen LogP contribution in [0.15, 0.2) is 18.2 Å². The number of thiazole rings is 1. The van der Waals surface area contributed by atoms with E-state index in [-0.39, 0.29) is 11.8 Å². The molecule has 2 N–H and O–H groups in total. The molecule has 0 fully saturated rings. The summed E-state index contributed by atoms with van der Waals surface area (Å²) in [5.41, 5.74) is 1.73. The predicted octanol–water partition coefficient (Wildman–Crippen LogP) is 3.25. The first kappa shape index (κ1) is 12.6. The van der Waals surface area contributed by atoms with Gasteiger partial charge in [0, 0.05) is 16.5 Å². The van der Waals surface area contributed by atoms with Crippen molar-refractivity contribution in [2.24, 2.45) is 0 Å². The lowest BCUT2D eigenvalue weighted by atomic mass is 9.98. The Morgan fingerprint density at radius 3 is 3.00 bits per heavy atom. The Morgan fingerprint density at radius 2 is 2.26 bits per heavy atom. The number of hydrogen-bond donors (Lipinski definition) is 2. The topological polar surface area (TPSA) is 45.1 Å². The molecule has 0 saturated heterocycles. The SMILES string of the molecule is CNC1CCCc2sc(-c3cc(O)cc(F)c3)nc21. The fourth-order valence-corrected chi connectivity index (χ4v) is 3.67. The number of phenolic OH excluding ortho intramolecular Hbond substituents is 1. The van der Waals surface area contributed by atoms with Crippen LogP contribution in [0.4, 0.5) is 4.39 Å². The Hall–Kier alpha value is -1.46. The molecule has 1 atom stereocenters. The summed E-state index contributed by atoms with van der Waals surface area (Å²) in [4.78, 5) is 5.90. The minimum Gasteiger partial charge on any atom is -0.508 e. The first-order chi connectivity index (χ1) is 9.17. The number of aryl methyl sites for hydroxylation is 1. The summed E-state index contributed by atoms with van der Waals surface area (Å²) in [6.07, 6.45) is 3.27. The predicted molar refractivity (Wildman–Crippen MR) is 73.9 cm³/mol. The molecular formula is C14H15FN2OS. The van der Waals surface area contributed by atoms with Crippen LogP contribution in [-0.2, 0) is 6.42 Å². The van der Waals surface area contributed by atoms with Gasteiger partial charge in [0.15, 0.2) is 0 Å². The summed E-state index contributed by atoms with van der Waals surface area (Å²) in [6, 6.07) is 4.36. The highest BCUT2D eigenvalue weighted by Gasteiger charge is 2.24. The van der Waals surface area contributed by atoms with Crippen molar-refractivity contribution in [2.75, 3.05) is 7.05 Å². The molecule has 0 amide bonds. The van der Waals surface area contributed by atoms with E-state index in [1.54, 1.807) is 17.4 Å². The highest BCUT2D eigenvalue weighted by molar-refractivity contribution is 7.15. The van der Waals surface area contributed by atoms with Crippen LogP contribution < -0.4 is 5.32 Å². The maximum absolute atomic E-state index is 13.3. The van der Waals surface area contributed by atoms with Crippen LogP contribution >= 0.6 is 11.3 Å². The number of nitrogens with one attached hydrogen (secondary N) is 1. The van der Waals surface area contributed by atoms with E-state index in [1.807, 2.05) is 7.05 Å². The summed E-state index contributed by atoms with van der Waals surface area (Å²) in [7, 11) is 1.94. The van der Waals surface area contributed by atoms with Crippen LogP contribution in [0.25, 0.3) is 10.6 Å². The standard InChI is InChI=1S/C14H15FN2OS/c1-16-11-3-2-4-12-13(11)17-14(19-12)8-5-9(15)7-10(18)6-8/h5-7,11,16,18H,2-4H2,1H3. The Bertz CT molecular complexity index is 591. The van der Waals surface area contributed by atoms with E-state index < -0.39 is 5.82 Å².